The lowest BCUT2D eigenvalue weighted by atomic mass is 9.95. The maximum Gasteiger partial charge on any atom is 0.301 e. The first kappa shape index (κ1) is 19.8. The van der Waals surface area contributed by atoms with Crippen molar-refractivity contribution in [2.45, 2.75) is 6.04 Å². The third kappa shape index (κ3) is 3.48. The Kier molecular flexibility index (Phi) is 5.37. The van der Waals surface area contributed by atoms with Crippen LogP contribution >= 0.6 is 15.9 Å². The lowest BCUT2D eigenvalue weighted by Crippen LogP contribution is -2.30. The molecular formula is C23H17BrN2O4. The molecule has 2 heterocycles. The standard InChI is InChI=1S/C23H17BrN2O4/c1-30-17-6-4-5-15(13-17)21(27)19-20(14-8-10-16(24)11-9-14)26(23(29)22(19)28)18-7-2-3-12-25-18/h2-13,20,27H,1H3/b21-19+/t20-/m1/s1. The number of ketones is 1. The lowest BCUT2D eigenvalue weighted by Gasteiger charge is -2.24. The smallest absolute Gasteiger partial charge is 0.301 e. The summed E-state index contributed by atoms with van der Waals surface area (Å²) >= 11 is 3.40. The van der Waals surface area contributed by atoms with E-state index in [-0.39, 0.29) is 11.3 Å². The van der Waals surface area contributed by atoms with Gasteiger partial charge in [0.25, 0.3) is 5.78 Å². The number of aliphatic hydroxyl groups excluding tert-OH is 1. The molecule has 1 atom stereocenters. The maximum absolute atomic E-state index is 13.0. The monoisotopic (exact) mass is 464 g/mol. The third-order valence-corrected chi connectivity index (χ3v) is 5.40. The van der Waals surface area contributed by atoms with E-state index in [0.29, 0.717) is 22.7 Å². The first-order chi connectivity index (χ1) is 14.5. The van der Waals surface area contributed by atoms with Gasteiger partial charge in [-0.1, -0.05) is 46.3 Å². The van der Waals surface area contributed by atoms with Crippen molar-refractivity contribution in [1.82, 2.24) is 4.98 Å². The Bertz CT molecular complexity index is 1140. The van der Waals surface area contributed by atoms with Gasteiger partial charge in [-0.25, -0.2) is 4.98 Å². The number of nitrogens with zero attached hydrogens (tertiary/aromatic N) is 2. The Morgan fingerprint density at radius 1 is 1.07 bits per heavy atom. The van der Waals surface area contributed by atoms with Crippen LogP contribution < -0.4 is 9.64 Å². The maximum atomic E-state index is 13.0. The van der Waals surface area contributed by atoms with E-state index >= 15 is 0 Å². The predicted molar refractivity (Wildman–Crippen MR) is 116 cm³/mol. The molecule has 4 rings (SSSR count). The largest absolute Gasteiger partial charge is 0.507 e. The molecule has 0 unspecified atom stereocenters. The molecule has 1 amide bonds. The number of ether oxygens (including phenoxy) is 1. The number of benzene rings is 2. The second-order valence-corrected chi connectivity index (χ2v) is 7.56. The van der Waals surface area contributed by atoms with Gasteiger partial charge in [0.1, 0.15) is 17.3 Å². The van der Waals surface area contributed by atoms with Gasteiger partial charge in [0.05, 0.1) is 18.7 Å². The molecule has 0 aliphatic carbocycles. The number of rotatable bonds is 4. The highest BCUT2D eigenvalue weighted by molar-refractivity contribution is 9.10. The number of carbonyl (C=O) groups is 2. The summed E-state index contributed by atoms with van der Waals surface area (Å²) in [5.41, 5.74) is 1.06. The Morgan fingerprint density at radius 3 is 2.50 bits per heavy atom. The number of hydrogen-bond acceptors (Lipinski definition) is 5. The van der Waals surface area contributed by atoms with Crippen LogP contribution in [0.2, 0.25) is 0 Å². The normalized spacial score (nSPS) is 17.9. The second kappa shape index (κ2) is 8.12. The number of pyridine rings is 1. The van der Waals surface area contributed by atoms with Gasteiger partial charge in [-0.3, -0.25) is 14.5 Å². The summed E-state index contributed by atoms with van der Waals surface area (Å²) in [6, 6.07) is 18.2. The highest BCUT2D eigenvalue weighted by Crippen LogP contribution is 2.41. The van der Waals surface area contributed by atoms with E-state index in [4.69, 9.17) is 4.74 Å². The fraction of sp³-hybridized carbons (Fsp3) is 0.0870. The minimum Gasteiger partial charge on any atom is -0.507 e. The van der Waals surface area contributed by atoms with Crippen molar-refractivity contribution in [3.8, 4) is 5.75 Å². The zero-order valence-electron chi connectivity index (χ0n) is 15.9. The van der Waals surface area contributed by atoms with Crippen LogP contribution in [0.15, 0.2) is 83.0 Å². The average Bonchev–Trinajstić information content (AvgIpc) is 3.05. The molecule has 2 aromatic carbocycles. The Hall–Kier alpha value is -3.45. The van der Waals surface area contributed by atoms with Gasteiger partial charge in [-0.2, -0.15) is 0 Å². The predicted octanol–water partition coefficient (Wildman–Crippen LogP) is 4.48. The van der Waals surface area contributed by atoms with Crippen LogP contribution in [-0.4, -0.2) is 28.9 Å². The van der Waals surface area contributed by atoms with Gasteiger partial charge in [0.15, 0.2) is 0 Å². The molecule has 3 aromatic rings. The summed E-state index contributed by atoms with van der Waals surface area (Å²) in [6.45, 7) is 0. The summed E-state index contributed by atoms with van der Waals surface area (Å²) in [7, 11) is 1.51. The molecule has 30 heavy (non-hydrogen) atoms. The number of anilines is 1. The molecule has 0 radical (unpaired) electrons. The molecule has 1 aliphatic rings. The molecule has 150 valence electrons. The Balaban J connectivity index is 1.94. The van der Waals surface area contributed by atoms with E-state index in [2.05, 4.69) is 20.9 Å². The van der Waals surface area contributed by atoms with Crippen LogP contribution in [0.1, 0.15) is 17.2 Å². The van der Waals surface area contributed by atoms with Gasteiger partial charge < -0.3 is 9.84 Å². The summed E-state index contributed by atoms with van der Waals surface area (Å²) in [4.78, 5) is 31.6. The Labute approximate surface area is 181 Å². The first-order valence-electron chi connectivity index (χ1n) is 9.13. The minimum atomic E-state index is -0.820. The van der Waals surface area contributed by atoms with Crippen LogP contribution in [0.25, 0.3) is 5.76 Å². The molecule has 0 bridgehead atoms. The van der Waals surface area contributed by atoms with Crippen LogP contribution in [0.4, 0.5) is 5.82 Å². The molecule has 1 aromatic heterocycles. The fourth-order valence-corrected chi connectivity index (χ4v) is 3.72. The van der Waals surface area contributed by atoms with Crippen molar-refractivity contribution in [1.29, 1.82) is 0 Å². The summed E-state index contributed by atoms with van der Waals surface area (Å²) in [5.74, 6) is -0.922. The van der Waals surface area contributed by atoms with Gasteiger partial charge in [-0.05, 0) is 42.0 Å². The average molecular weight is 465 g/mol. The summed E-state index contributed by atoms with van der Waals surface area (Å²) < 4.78 is 6.07. The highest BCUT2D eigenvalue weighted by atomic mass is 79.9. The zero-order chi connectivity index (χ0) is 21.3. The van der Waals surface area contributed by atoms with Crippen molar-refractivity contribution in [2.24, 2.45) is 0 Å². The van der Waals surface area contributed by atoms with E-state index in [1.54, 1.807) is 60.8 Å². The second-order valence-electron chi connectivity index (χ2n) is 6.64. The van der Waals surface area contributed by atoms with Gasteiger partial charge >= 0.3 is 5.91 Å². The highest BCUT2D eigenvalue weighted by Gasteiger charge is 2.47. The number of carbonyl (C=O) groups excluding carboxylic acids is 2. The third-order valence-electron chi connectivity index (χ3n) is 4.87. The van der Waals surface area contributed by atoms with Crippen molar-refractivity contribution in [2.75, 3.05) is 12.0 Å². The van der Waals surface area contributed by atoms with E-state index in [9.17, 15) is 14.7 Å². The molecule has 0 spiro atoms. The molecule has 1 aliphatic heterocycles. The Morgan fingerprint density at radius 2 is 1.83 bits per heavy atom. The van der Waals surface area contributed by atoms with Gasteiger partial charge in [-0.15, -0.1) is 0 Å². The number of aromatic nitrogens is 1. The number of aliphatic hydroxyl groups is 1. The van der Waals surface area contributed by atoms with E-state index in [1.165, 1.54) is 12.0 Å². The van der Waals surface area contributed by atoms with Crippen LogP contribution in [0.3, 0.4) is 0 Å². The zero-order valence-corrected chi connectivity index (χ0v) is 17.5. The number of methoxy groups -OCH3 is 1. The fourth-order valence-electron chi connectivity index (χ4n) is 3.45. The van der Waals surface area contributed by atoms with Crippen molar-refractivity contribution in [3.63, 3.8) is 0 Å². The molecule has 6 nitrogen and oxygen atoms in total. The molecule has 7 heteroatoms. The van der Waals surface area contributed by atoms with Crippen LogP contribution in [0, 0.1) is 0 Å². The molecule has 1 fully saturated rings. The topological polar surface area (TPSA) is 79.7 Å². The molecule has 1 N–H and O–H groups in total. The lowest BCUT2D eigenvalue weighted by molar-refractivity contribution is -0.132. The first-order valence-corrected chi connectivity index (χ1v) is 9.92. The van der Waals surface area contributed by atoms with Crippen LogP contribution in [-0.2, 0) is 9.59 Å². The molecule has 1 saturated heterocycles. The molecular weight excluding hydrogens is 448 g/mol. The van der Waals surface area contributed by atoms with E-state index < -0.39 is 17.7 Å². The van der Waals surface area contributed by atoms with E-state index in [1.807, 2.05) is 12.1 Å². The molecule has 0 saturated carbocycles. The number of hydrogen-bond donors (Lipinski definition) is 1. The van der Waals surface area contributed by atoms with Crippen LogP contribution in [0.5, 0.6) is 5.75 Å². The number of halogens is 1. The number of amides is 1. The summed E-state index contributed by atoms with van der Waals surface area (Å²) in [5, 5.41) is 11.1. The van der Waals surface area contributed by atoms with Crippen molar-refractivity contribution < 1.29 is 19.4 Å². The quantitative estimate of drug-likeness (QED) is 0.349. The van der Waals surface area contributed by atoms with E-state index in [0.717, 1.165) is 4.47 Å². The van der Waals surface area contributed by atoms with Crippen molar-refractivity contribution >= 4 is 39.2 Å². The number of Topliss-reactive ketones (excluding diaryl/α,β-unsaturated/α-hetero) is 1. The van der Waals surface area contributed by atoms with Gasteiger partial charge in [0, 0.05) is 16.2 Å². The summed E-state index contributed by atoms with van der Waals surface area (Å²) in [6.07, 6.45) is 1.55. The SMILES string of the molecule is COc1cccc(/C(O)=C2\C(=O)C(=O)N(c3ccccn3)[C@@H]2c2ccc(Br)cc2)c1. The van der Waals surface area contributed by atoms with Gasteiger partial charge in [0.2, 0.25) is 0 Å². The van der Waals surface area contributed by atoms with Crippen molar-refractivity contribution in [3.05, 3.63) is 94.1 Å². The minimum absolute atomic E-state index is 0.00114.